The number of aromatic nitrogens is 2. The number of aryl methyl sites for hydroxylation is 1. The highest BCUT2D eigenvalue weighted by Crippen LogP contribution is 2.41. The smallest absolute Gasteiger partial charge is 0.205 e. The van der Waals surface area contributed by atoms with Gasteiger partial charge in [-0.2, -0.15) is 0 Å². The minimum absolute atomic E-state index is 0.0192. The van der Waals surface area contributed by atoms with E-state index in [0.717, 1.165) is 32.2 Å². The first-order valence-electron chi connectivity index (χ1n) is 9.49. The van der Waals surface area contributed by atoms with Crippen molar-refractivity contribution in [1.29, 1.82) is 0 Å². The topological polar surface area (TPSA) is 34.4 Å². The number of nitrogens with zero attached hydrogens (tertiary/aromatic N) is 2. The zero-order chi connectivity index (χ0) is 20.7. The average Bonchev–Trinajstić information content (AvgIpc) is 3.32. The van der Waals surface area contributed by atoms with Crippen LogP contribution in [-0.4, -0.2) is 15.2 Å². The highest BCUT2D eigenvalue weighted by atomic mass is 35.5. The van der Waals surface area contributed by atoms with E-state index in [2.05, 4.69) is 16.5 Å². The molecule has 0 unspecified atom stereocenters. The molecule has 148 valence electrons. The predicted octanol–water partition coefficient (Wildman–Crippen LogP) is 7.03. The molecule has 0 saturated heterocycles. The molecule has 5 rings (SSSR count). The molecule has 5 aromatic rings. The Balaban J connectivity index is 1.65. The molecule has 0 aliphatic rings. The van der Waals surface area contributed by atoms with Crippen LogP contribution in [0.4, 0.5) is 0 Å². The molecule has 0 spiro atoms. The summed E-state index contributed by atoms with van der Waals surface area (Å²) in [7, 11) is 0. The zero-order valence-electron chi connectivity index (χ0n) is 16.1. The summed E-state index contributed by atoms with van der Waals surface area (Å²) < 4.78 is 3.21. The Hall–Kier alpha value is -2.60. The van der Waals surface area contributed by atoms with Crippen molar-refractivity contribution in [3.8, 4) is 0 Å². The van der Waals surface area contributed by atoms with E-state index in [9.17, 15) is 4.79 Å². The number of rotatable bonds is 5. The molecule has 0 fully saturated rings. The summed E-state index contributed by atoms with van der Waals surface area (Å²) >= 11 is 9.28. The van der Waals surface area contributed by atoms with Crippen LogP contribution >= 0.6 is 34.7 Å². The Morgan fingerprint density at radius 2 is 1.83 bits per heavy atom. The first-order valence-corrected chi connectivity index (χ1v) is 11.7. The molecule has 30 heavy (non-hydrogen) atoms. The molecule has 0 bridgehead atoms. The molecule has 0 N–H and O–H groups in total. The van der Waals surface area contributed by atoms with Gasteiger partial charge in [0.05, 0.1) is 9.73 Å². The number of hydrogen-bond acceptors (Lipinski definition) is 4. The van der Waals surface area contributed by atoms with Crippen LogP contribution in [0.5, 0.6) is 0 Å². The molecule has 6 heteroatoms. The molecular formula is C24H17ClN2OS2. The van der Waals surface area contributed by atoms with Crippen molar-refractivity contribution in [2.75, 3.05) is 0 Å². The highest BCUT2D eigenvalue weighted by molar-refractivity contribution is 8.00. The summed E-state index contributed by atoms with van der Waals surface area (Å²) in [4.78, 5) is 18.9. The summed E-state index contributed by atoms with van der Waals surface area (Å²) in [6.45, 7) is 2.04. The molecule has 0 atom stereocenters. The van der Waals surface area contributed by atoms with Crippen LogP contribution in [0.15, 0.2) is 77.1 Å². The lowest BCUT2D eigenvalue weighted by Gasteiger charge is -2.02. The van der Waals surface area contributed by atoms with E-state index >= 15 is 0 Å². The van der Waals surface area contributed by atoms with E-state index in [0.29, 0.717) is 15.5 Å². The van der Waals surface area contributed by atoms with Crippen LogP contribution in [0, 0.1) is 6.92 Å². The van der Waals surface area contributed by atoms with E-state index in [1.54, 1.807) is 36.0 Å². The minimum atomic E-state index is -0.0192. The quantitative estimate of drug-likeness (QED) is 0.214. The fourth-order valence-corrected chi connectivity index (χ4v) is 5.99. The van der Waals surface area contributed by atoms with Crippen molar-refractivity contribution in [3.05, 3.63) is 99.5 Å². The molecule has 0 amide bonds. The average molecular weight is 449 g/mol. The van der Waals surface area contributed by atoms with Gasteiger partial charge in [-0.25, -0.2) is 4.98 Å². The minimum Gasteiger partial charge on any atom is -0.298 e. The zero-order valence-corrected chi connectivity index (χ0v) is 18.5. The second kappa shape index (κ2) is 7.91. The molecule has 3 heterocycles. The van der Waals surface area contributed by atoms with Gasteiger partial charge in [-0.1, -0.05) is 48.0 Å². The maximum Gasteiger partial charge on any atom is 0.205 e. The van der Waals surface area contributed by atoms with Crippen molar-refractivity contribution in [1.82, 2.24) is 9.38 Å². The van der Waals surface area contributed by atoms with Crippen molar-refractivity contribution in [2.45, 2.75) is 16.9 Å². The standard InChI is InChI=1S/C24H17ClN2OS2/c1-15-6-5-13-27-20-19(26-23(15)27)22(21(28)17-9-11-18(25)12-10-17)30-24(20)29-14-16-7-3-2-4-8-16/h2-13H,14H2,1H3. The van der Waals surface area contributed by atoms with Crippen molar-refractivity contribution in [3.63, 3.8) is 0 Å². The summed E-state index contributed by atoms with van der Waals surface area (Å²) in [5.41, 5.74) is 5.63. The van der Waals surface area contributed by atoms with Crippen LogP contribution in [-0.2, 0) is 5.75 Å². The van der Waals surface area contributed by atoms with E-state index < -0.39 is 0 Å². The van der Waals surface area contributed by atoms with Gasteiger partial charge in [-0.15, -0.1) is 23.1 Å². The first-order chi connectivity index (χ1) is 14.6. The monoisotopic (exact) mass is 448 g/mol. The van der Waals surface area contributed by atoms with Gasteiger partial charge in [0.2, 0.25) is 5.78 Å². The molecule has 3 aromatic heterocycles. The van der Waals surface area contributed by atoms with Crippen LogP contribution in [0.25, 0.3) is 16.7 Å². The van der Waals surface area contributed by atoms with Gasteiger partial charge in [0.15, 0.2) is 0 Å². The fraction of sp³-hybridized carbons (Fsp3) is 0.0833. The molecule has 3 nitrogen and oxygen atoms in total. The number of benzene rings is 2. The number of fused-ring (bicyclic) bond motifs is 3. The number of ketones is 1. The molecule has 0 radical (unpaired) electrons. The third kappa shape index (κ3) is 3.43. The lowest BCUT2D eigenvalue weighted by molar-refractivity contribution is 0.104. The number of carbonyl (C=O) groups excluding carboxylic acids is 1. The van der Waals surface area contributed by atoms with Crippen molar-refractivity contribution >= 4 is 57.2 Å². The number of pyridine rings is 1. The Labute approximate surface area is 187 Å². The number of thioether (sulfide) groups is 1. The molecular weight excluding hydrogens is 432 g/mol. The fourth-order valence-electron chi connectivity index (χ4n) is 3.45. The van der Waals surface area contributed by atoms with E-state index in [4.69, 9.17) is 16.6 Å². The highest BCUT2D eigenvalue weighted by Gasteiger charge is 2.24. The van der Waals surface area contributed by atoms with Crippen molar-refractivity contribution in [2.24, 2.45) is 0 Å². The van der Waals surface area contributed by atoms with Gasteiger partial charge in [0.25, 0.3) is 0 Å². The van der Waals surface area contributed by atoms with Gasteiger partial charge in [0, 0.05) is 22.5 Å². The number of thiophene rings is 1. The molecule has 0 saturated carbocycles. The SMILES string of the molecule is Cc1cccn2c1nc1c(C(=O)c3ccc(Cl)cc3)sc(SCc3ccccc3)c12. The Bertz CT molecular complexity index is 1370. The Morgan fingerprint density at radius 3 is 2.60 bits per heavy atom. The van der Waals surface area contributed by atoms with Crippen LogP contribution < -0.4 is 0 Å². The van der Waals surface area contributed by atoms with Crippen LogP contribution in [0.2, 0.25) is 5.02 Å². The van der Waals surface area contributed by atoms with Crippen LogP contribution in [0.3, 0.4) is 0 Å². The second-order valence-corrected chi connectivity index (χ2v) is 9.72. The number of hydrogen-bond donors (Lipinski definition) is 0. The largest absolute Gasteiger partial charge is 0.298 e. The third-order valence-corrected chi connectivity index (χ3v) is 7.72. The van der Waals surface area contributed by atoms with Gasteiger partial charge >= 0.3 is 0 Å². The predicted molar refractivity (Wildman–Crippen MR) is 126 cm³/mol. The van der Waals surface area contributed by atoms with E-state index in [1.807, 2.05) is 43.5 Å². The number of carbonyl (C=O) groups is 1. The lowest BCUT2D eigenvalue weighted by Crippen LogP contribution is -1.98. The maximum atomic E-state index is 13.3. The molecule has 2 aromatic carbocycles. The Morgan fingerprint density at radius 1 is 1.07 bits per heavy atom. The van der Waals surface area contributed by atoms with Gasteiger partial charge < -0.3 is 0 Å². The molecule has 0 aliphatic carbocycles. The van der Waals surface area contributed by atoms with E-state index in [1.165, 1.54) is 16.9 Å². The third-order valence-electron chi connectivity index (χ3n) is 4.97. The summed E-state index contributed by atoms with van der Waals surface area (Å²) in [5, 5.41) is 0.616. The molecule has 0 aliphatic heterocycles. The summed E-state index contributed by atoms with van der Waals surface area (Å²) in [6.07, 6.45) is 2.02. The maximum absolute atomic E-state index is 13.3. The normalized spacial score (nSPS) is 11.4. The van der Waals surface area contributed by atoms with E-state index in [-0.39, 0.29) is 5.78 Å². The van der Waals surface area contributed by atoms with Gasteiger partial charge in [-0.05, 0) is 48.4 Å². The second-order valence-electron chi connectivity index (χ2n) is 7.02. The van der Waals surface area contributed by atoms with Crippen molar-refractivity contribution < 1.29 is 4.79 Å². The van der Waals surface area contributed by atoms with Gasteiger partial charge in [0.1, 0.15) is 16.0 Å². The lowest BCUT2D eigenvalue weighted by atomic mass is 10.1. The van der Waals surface area contributed by atoms with Gasteiger partial charge in [-0.3, -0.25) is 9.20 Å². The van der Waals surface area contributed by atoms with Crippen LogP contribution in [0.1, 0.15) is 26.4 Å². The Kier molecular flexibility index (Phi) is 5.11. The summed E-state index contributed by atoms with van der Waals surface area (Å²) in [6, 6.07) is 21.5. The first kappa shape index (κ1) is 19.4. The number of imidazole rings is 1. The summed E-state index contributed by atoms with van der Waals surface area (Å²) in [5.74, 6) is 0.818. The number of halogens is 1.